The molecule has 0 unspecified atom stereocenters. The summed E-state index contributed by atoms with van der Waals surface area (Å²) in [6.07, 6.45) is 1.41. The molecular formula is C22H29N3O6S2. The van der Waals surface area contributed by atoms with Gasteiger partial charge in [-0.15, -0.1) is 6.58 Å². The van der Waals surface area contributed by atoms with Crippen LogP contribution in [0.15, 0.2) is 64.9 Å². The number of ether oxygens (including phenoxy) is 1. The normalized spacial score (nSPS) is 11.9. The Labute approximate surface area is 195 Å². The van der Waals surface area contributed by atoms with Crippen LogP contribution in [0.2, 0.25) is 0 Å². The lowest BCUT2D eigenvalue weighted by Crippen LogP contribution is -2.31. The number of sulfonamides is 2. The molecule has 0 heterocycles. The van der Waals surface area contributed by atoms with Crippen LogP contribution in [0.4, 0.5) is 5.69 Å². The molecule has 0 saturated heterocycles. The van der Waals surface area contributed by atoms with Crippen LogP contribution in [0.25, 0.3) is 0 Å². The smallest absolute Gasteiger partial charge is 0.255 e. The second-order valence-corrected chi connectivity index (χ2v) is 10.5. The van der Waals surface area contributed by atoms with Gasteiger partial charge in [-0.05, 0) is 43.3 Å². The lowest BCUT2D eigenvalue weighted by Gasteiger charge is -2.21. The van der Waals surface area contributed by atoms with Crippen molar-refractivity contribution in [2.45, 2.75) is 30.6 Å². The van der Waals surface area contributed by atoms with Crippen molar-refractivity contribution >= 4 is 31.6 Å². The van der Waals surface area contributed by atoms with Gasteiger partial charge in [0.1, 0.15) is 10.6 Å². The highest BCUT2D eigenvalue weighted by Crippen LogP contribution is 2.30. The molecule has 0 aliphatic carbocycles. The van der Waals surface area contributed by atoms with Gasteiger partial charge in [0, 0.05) is 30.9 Å². The number of nitrogens with zero attached hydrogens (tertiary/aromatic N) is 1. The molecule has 0 fully saturated rings. The van der Waals surface area contributed by atoms with Crippen LogP contribution in [-0.4, -0.2) is 53.3 Å². The first-order valence-corrected chi connectivity index (χ1v) is 13.3. The third kappa shape index (κ3) is 6.41. The van der Waals surface area contributed by atoms with Gasteiger partial charge in [-0.2, -0.15) is 4.31 Å². The molecular weight excluding hydrogens is 466 g/mol. The van der Waals surface area contributed by atoms with E-state index in [1.807, 2.05) is 0 Å². The number of benzene rings is 2. The van der Waals surface area contributed by atoms with Gasteiger partial charge in [-0.1, -0.05) is 26.0 Å². The van der Waals surface area contributed by atoms with E-state index < -0.39 is 26.0 Å². The third-order valence-electron chi connectivity index (χ3n) is 4.65. The molecule has 0 spiro atoms. The van der Waals surface area contributed by atoms with Gasteiger partial charge in [0.25, 0.3) is 5.91 Å². The van der Waals surface area contributed by atoms with Gasteiger partial charge in [0.2, 0.25) is 20.0 Å². The SMILES string of the molecule is C=CCNS(=O)(=O)c1cccc(C(=O)Nc2ccc(OCC)c(S(=O)(=O)N(CC)CC)c2)c1. The lowest BCUT2D eigenvalue weighted by atomic mass is 10.2. The molecule has 11 heteroatoms. The molecule has 2 aromatic rings. The fourth-order valence-corrected chi connectivity index (χ4v) is 5.68. The van der Waals surface area contributed by atoms with E-state index in [-0.39, 0.29) is 53.0 Å². The molecule has 2 aromatic carbocycles. The maximum absolute atomic E-state index is 13.1. The van der Waals surface area contributed by atoms with E-state index in [4.69, 9.17) is 4.74 Å². The molecule has 0 aliphatic heterocycles. The summed E-state index contributed by atoms with van der Waals surface area (Å²) in [4.78, 5) is 12.7. The van der Waals surface area contributed by atoms with Crippen molar-refractivity contribution < 1.29 is 26.4 Å². The van der Waals surface area contributed by atoms with Crippen LogP contribution in [0.3, 0.4) is 0 Å². The fraction of sp³-hybridized carbons (Fsp3) is 0.318. The van der Waals surface area contributed by atoms with Gasteiger partial charge in [0.05, 0.1) is 11.5 Å². The summed E-state index contributed by atoms with van der Waals surface area (Å²) in [7, 11) is -7.66. The van der Waals surface area contributed by atoms with E-state index >= 15 is 0 Å². The first-order chi connectivity index (χ1) is 15.6. The molecule has 0 saturated carbocycles. The predicted octanol–water partition coefficient (Wildman–Crippen LogP) is 2.83. The van der Waals surface area contributed by atoms with E-state index in [0.717, 1.165) is 0 Å². The van der Waals surface area contributed by atoms with Gasteiger partial charge < -0.3 is 10.1 Å². The minimum absolute atomic E-state index is 0.0503. The molecule has 0 atom stereocenters. The Morgan fingerprint density at radius 3 is 2.36 bits per heavy atom. The lowest BCUT2D eigenvalue weighted by molar-refractivity contribution is 0.102. The highest BCUT2D eigenvalue weighted by atomic mass is 32.2. The third-order valence-corrected chi connectivity index (χ3v) is 8.14. The molecule has 9 nitrogen and oxygen atoms in total. The standard InChI is InChI=1S/C22H29N3O6S2/c1-5-14-23-32(27,28)19-11-9-10-17(15-19)22(26)24-18-12-13-20(31-8-4)21(16-18)33(29,30)25(6-2)7-3/h5,9-13,15-16,23H,1,6-8,14H2,2-4H3,(H,24,26). The predicted molar refractivity (Wildman–Crippen MR) is 127 cm³/mol. The molecule has 0 bridgehead atoms. The van der Waals surface area contributed by atoms with Crippen LogP contribution in [0.5, 0.6) is 5.75 Å². The van der Waals surface area contributed by atoms with Crippen LogP contribution < -0.4 is 14.8 Å². The molecule has 0 aromatic heterocycles. The molecule has 1 amide bonds. The largest absolute Gasteiger partial charge is 0.492 e. The van der Waals surface area contributed by atoms with E-state index in [2.05, 4.69) is 16.6 Å². The van der Waals surface area contributed by atoms with Crippen LogP contribution in [-0.2, 0) is 20.0 Å². The second-order valence-electron chi connectivity index (χ2n) is 6.81. The summed E-state index contributed by atoms with van der Waals surface area (Å²) >= 11 is 0. The Morgan fingerprint density at radius 2 is 1.76 bits per heavy atom. The monoisotopic (exact) mass is 495 g/mol. The Bertz CT molecular complexity index is 1210. The zero-order valence-electron chi connectivity index (χ0n) is 18.9. The molecule has 2 rings (SSSR count). The maximum Gasteiger partial charge on any atom is 0.255 e. The zero-order chi connectivity index (χ0) is 24.6. The number of hydrogen-bond acceptors (Lipinski definition) is 6. The fourth-order valence-electron chi connectivity index (χ4n) is 3.02. The van der Waals surface area contributed by atoms with Crippen molar-refractivity contribution in [1.82, 2.24) is 9.03 Å². The van der Waals surface area contributed by atoms with Crippen molar-refractivity contribution in [3.05, 3.63) is 60.7 Å². The number of rotatable bonds is 12. The van der Waals surface area contributed by atoms with Crippen molar-refractivity contribution in [2.75, 3.05) is 31.6 Å². The number of nitrogens with one attached hydrogen (secondary N) is 2. The molecule has 33 heavy (non-hydrogen) atoms. The van der Waals surface area contributed by atoms with Crippen molar-refractivity contribution in [3.8, 4) is 5.75 Å². The van der Waals surface area contributed by atoms with Gasteiger partial charge >= 0.3 is 0 Å². The van der Waals surface area contributed by atoms with Crippen LogP contribution in [0.1, 0.15) is 31.1 Å². The Kier molecular flexibility index (Phi) is 9.17. The average Bonchev–Trinajstić information content (AvgIpc) is 2.79. The molecule has 2 N–H and O–H groups in total. The van der Waals surface area contributed by atoms with E-state index in [0.29, 0.717) is 0 Å². The van der Waals surface area contributed by atoms with Crippen molar-refractivity contribution in [3.63, 3.8) is 0 Å². The number of anilines is 1. The van der Waals surface area contributed by atoms with Gasteiger partial charge in [-0.25, -0.2) is 21.6 Å². The Hall–Kier alpha value is -2.73. The van der Waals surface area contributed by atoms with Gasteiger partial charge in [-0.3, -0.25) is 4.79 Å². The summed E-state index contributed by atoms with van der Waals surface area (Å²) in [6.45, 7) is 9.56. The van der Waals surface area contributed by atoms with Crippen molar-refractivity contribution in [2.24, 2.45) is 0 Å². The van der Waals surface area contributed by atoms with Crippen LogP contribution >= 0.6 is 0 Å². The number of carbonyl (C=O) groups excluding carboxylic acids is 1. The summed E-state index contributed by atoms with van der Waals surface area (Å²) in [5.74, 6) is -0.407. The van der Waals surface area contributed by atoms with E-state index in [1.54, 1.807) is 20.8 Å². The highest BCUT2D eigenvalue weighted by molar-refractivity contribution is 7.89. The minimum Gasteiger partial charge on any atom is -0.492 e. The first-order valence-electron chi connectivity index (χ1n) is 10.4. The Morgan fingerprint density at radius 1 is 1.06 bits per heavy atom. The summed E-state index contributed by atoms with van der Waals surface area (Å²) in [5.41, 5.74) is 0.325. The number of carbonyl (C=O) groups is 1. The van der Waals surface area contributed by atoms with Crippen LogP contribution in [0, 0.1) is 0 Å². The topological polar surface area (TPSA) is 122 Å². The number of amides is 1. The quantitative estimate of drug-likeness (QED) is 0.437. The van der Waals surface area contributed by atoms with E-state index in [1.165, 1.54) is 52.8 Å². The number of hydrogen-bond donors (Lipinski definition) is 2. The second kappa shape index (κ2) is 11.4. The first kappa shape index (κ1) is 26.5. The van der Waals surface area contributed by atoms with E-state index in [9.17, 15) is 21.6 Å². The van der Waals surface area contributed by atoms with Gasteiger partial charge in [0.15, 0.2) is 0 Å². The minimum atomic E-state index is -3.85. The summed E-state index contributed by atoms with van der Waals surface area (Å²) in [5, 5.41) is 2.63. The molecule has 180 valence electrons. The molecule has 0 radical (unpaired) electrons. The summed E-state index contributed by atoms with van der Waals surface area (Å²) < 4.78 is 60.0. The summed E-state index contributed by atoms with van der Waals surface area (Å²) in [6, 6.07) is 9.86. The highest BCUT2D eigenvalue weighted by Gasteiger charge is 2.26. The molecule has 0 aliphatic rings. The van der Waals surface area contributed by atoms with Crippen molar-refractivity contribution in [1.29, 1.82) is 0 Å². The average molecular weight is 496 g/mol. The zero-order valence-corrected chi connectivity index (χ0v) is 20.5. The maximum atomic E-state index is 13.1. The Balaban J connectivity index is 2.39.